The molecule has 1 nitrogen and oxygen atoms in total. The Bertz CT molecular complexity index is 117. The Morgan fingerprint density at radius 1 is 1.36 bits per heavy atom. The van der Waals surface area contributed by atoms with E-state index in [0.29, 0.717) is 0 Å². The summed E-state index contributed by atoms with van der Waals surface area (Å²) < 4.78 is 0. The molecule has 0 amide bonds. The summed E-state index contributed by atoms with van der Waals surface area (Å²) in [6.45, 7) is 0.790. The SMILES string of the molecule is NCC/C=C\C1CCSCC1. The number of thioether (sulfide) groups is 1. The molecular weight excluding hydrogens is 154 g/mol. The summed E-state index contributed by atoms with van der Waals surface area (Å²) >= 11 is 2.08. The molecule has 0 aromatic heterocycles. The van der Waals surface area contributed by atoms with Crippen molar-refractivity contribution >= 4 is 11.8 Å². The van der Waals surface area contributed by atoms with Crippen molar-refractivity contribution in [1.29, 1.82) is 0 Å². The summed E-state index contributed by atoms with van der Waals surface area (Å²) in [5.41, 5.74) is 5.39. The molecule has 2 heteroatoms. The Labute approximate surface area is 73.4 Å². The minimum absolute atomic E-state index is 0.790. The molecule has 1 rings (SSSR count). The molecule has 1 heterocycles. The summed E-state index contributed by atoms with van der Waals surface area (Å²) in [5.74, 6) is 3.54. The number of allylic oxidation sites excluding steroid dienone is 1. The lowest BCUT2D eigenvalue weighted by atomic mass is 10.0. The topological polar surface area (TPSA) is 26.0 Å². The molecule has 0 aromatic rings. The second kappa shape index (κ2) is 5.67. The van der Waals surface area contributed by atoms with Crippen LogP contribution in [0.25, 0.3) is 0 Å². The third-order valence-corrected chi connectivity index (χ3v) is 3.06. The molecule has 1 saturated heterocycles. The van der Waals surface area contributed by atoms with Crippen LogP contribution in [0.1, 0.15) is 19.3 Å². The largest absolute Gasteiger partial charge is 0.330 e. The summed E-state index contributed by atoms with van der Waals surface area (Å²) in [6.07, 6.45) is 8.37. The molecule has 1 aliphatic rings. The highest BCUT2D eigenvalue weighted by molar-refractivity contribution is 7.99. The van der Waals surface area contributed by atoms with E-state index < -0.39 is 0 Å². The van der Waals surface area contributed by atoms with E-state index in [-0.39, 0.29) is 0 Å². The average Bonchev–Trinajstić information content (AvgIpc) is 2.07. The normalized spacial score (nSPS) is 21.2. The zero-order valence-corrected chi connectivity index (χ0v) is 7.78. The van der Waals surface area contributed by atoms with Gasteiger partial charge in [-0.25, -0.2) is 0 Å². The van der Waals surface area contributed by atoms with Gasteiger partial charge in [-0.3, -0.25) is 0 Å². The third-order valence-electron chi connectivity index (χ3n) is 2.01. The minimum atomic E-state index is 0.790. The van der Waals surface area contributed by atoms with Gasteiger partial charge in [-0.2, -0.15) is 11.8 Å². The van der Waals surface area contributed by atoms with Gasteiger partial charge in [0.05, 0.1) is 0 Å². The highest BCUT2D eigenvalue weighted by Crippen LogP contribution is 2.23. The summed E-state index contributed by atoms with van der Waals surface area (Å²) in [6, 6.07) is 0. The Hall–Kier alpha value is 0.0500. The van der Waals surface area contributed by atoms with Gasteiger partial charge < -0.3 is 5.73 Å². The molecule has 0 aromatic carbocycles. The smallest absolute Gasteiger partial charge is 0.00426 e. The second-order valence-electron chi connectivity index (χ2n) is 2.96. The molecule has 0 atom stereocenters. The van der Waals surface area contributed by atoms with Gasteiger partial charge in [0.25, 0.3) is 0 Å². The van der Waals surface area contributed by atoms with Crippen LogP contribution in [0, 0.1) is 5.92 Å². The number of rotatable bonds is 3. The van der Waals surface area contributed by atoms with Crippen molar-refractivity contribution in [2.45, 2.75) is 19.3 Å². The highest BCUT2D eigenvalue weighted by Gasteiger charge is 2.09. The number of hydrogen-bond donors (Lipinski definition) is 1. The fourth-order valence-electron chi connectivity index (χ4n) is 1.29. The molecule has 0 unspecified atom stereocenters. The van der Waals surface area contributed by atoms with Crippen molar-refractivity contribution in [1.82, 2.24) is 0 Å². The van der Waals surface area contributed by atoms with Crippen LogP contribution < -0.4 is 5.73 Å². The lowest BCUT2D eigenvalue weighted by molar-refractivity contribution is 0.600. The van der Waals surface area contributed by atoms with E-state index in [1.165, 1.54) is 24.3 Å². The zero-order chi connectivity index (χ0) is 7.94. The van der Waals surface area contributed by atoms with Crippen LogP contribution in [0.15, 0.2) is 12.2 Å². The van der Waals surface area contributed by atoms with Crippen molar-refractivity contribution in [3.63, 3.8) is 0 Å². The highest BCUT2D eigenvalue weighted by atomic mass is 32.2. The fraction of sp³-hybridized carbons (Fsp3) is 0.778. The summed E-state index contributed by atoms with van der Waals surface area (Å²) in [5, 5.41) is 0. The maximum Gasteiger partial charge on any atom is -0.00426 e. The van der Waals surface area contributed by atoms with Gasteiger partial charge in [-0.15, -0.1) is 0 Å². The van der Waals surface area contributed by atoms with Gasteiger partial charge in [-0.1, -0.05) is 12.2 Å². The predicted octanol–water partition coefficient (Wildman–Crippen LogP) is 2.03. The van der Waals surface area contributed by atoms with Crippen LogP contribution in [0.2, 0.25) is 0 Å². The van der Waals surface area contributed by atoms with Gasteiger partial charge in [0.15, 0.2) is 0 Å². The van der Waals surface area contributed by atoms with Gasteiger partial charge in [0, 0.05) is 0 Å². The summed E-state index contributed by atoms with van der Waals surface area (Å²) in [4.78, 5) is 0. The molecule has 0 radical (unpaired) electrons. The second-order valence-corrected chi connectivity index (χ2v) is 4.18. The zero-order valence-electron chi connectivity index (χ0n) is 6.96. The Kier molecular flexibility index (Phi) is 4.71. The molecule has 0 aliphatic carbocycles. The predicted molar refractivity (Wildman–Crippen MR) is 52.9 cm³/mol. The molecule has 0 bridgehead atoms. The monoisotopic (exact) mass is 171 g/mol. The van der Waals surface area contributed by atoms with Crippen LogP contribution >= 0.6 is 11.8 Å². The lowest BCUT2D eigenvalue weighted by Crippen LogP contribution is -2.06. The lowest BCUT2D eigenvalue weighted by Gasteiger charge is -2.17. The van der Waals surface area contributed by atoms with E-state index in [1.54, 1.807) is 0 Å². The van der Waals surface area contributed by atoms with E-state index in [0.717, 1.165) is 18.9 Å². The third kappa shape index (κ3) is 3.82. The van der Waals surface area contributed by atoms with E-state index in [4.69, 9.17) is 5.73 Å². The Balaban J connectivity index is 2.13. The van der Waals surface area contributed by atoms with E-state index in [2.05, 4.69) is 23.9 Å². The van der Waals surface area contributed by atoms with E-state index in [1.807, 2.05) is 0 Å². The Morgan fingerprint density at radius 3 is 2.73 bits per heavy atom. The molecule has 2 N–H and O–H groups in total. The van der Waals surface area contributed by atoms with Crippen LogP contribution in [0.4, 0.5) is 0 Å². The van der Waals surface area contributed by atoms with Gasteiger partial charge >= 0.3 is 0 Å². The maximum atomic E-state index is 5.39. The van der Waals surface area contributed by atoms with Gasteiger partial charge in [0.1, 0.15) is 0 Å². The van der Waals surface area contributed by atoms with Crippen molar-refractivity contribution < 1.29 is 0 Å². The molecule has 1 fully saturated rings. The van der Waals surface area contributed by atoms with Crippen LogP contribution in [0.3, 0.4) is 0 Å². The van der Waals surface area contributed by atoms with Gasteiger partial charge in [-0.05, 0) is 43.2 Å². The molecular formula is C9H17NS. The quantitative estimate of drug-likeness (QED) is 0.658. The fourth-order valence-corrected chi connectivity index (χ4v) is 2.44. The minimum Gasteiger partial charge on any atom is -0.330 e. The molecule has 1 aliphatic heterocycles. The van der Waals surface area contributed by atoms with Crippen LogP contribution in [0.5, 0.6) is 0 Å². The average molecular weight is 171 g/mol. The molecule has 11 heavy (non-hydrogen) atoms. The van der Waals surface area contributed by atoms with Crippen LogP contribution in [-0.2, 0) is 0 Å². The first-order chi connectivity index (χ1) is 5.43. The summed E-state index contributed by atoms with van der Waals surface area (Å²) in [7, 11) is 0. The van der Waals surface area contributed by atoms with Gasteiger partial charge in [0.2, 0.25) is 0 Å². The number of hydrogen-bond acceptors (Lipinski definition) is 2. The molecule has 0 saturated carbocycles. The Morgan fingerprint density at radius 2 is 2.09 bits per heavy atom. The first kappa shape index (κ1) is 9.14. The van der Waals surface area contributed by atoms with Crippen molar-refractivity contribution in [3.05, 3.63) is 12.2 Å². The molecule has 64 valence electrons. The number of nitrogens with two attached hydrogens (primary N) is 1. The molecule has 0 spiro atoms. The first-order valence-electron chi connectivity index (χ1n) is 4.38. The first-order valence-corrected chi connectivity index (χ1v) is 5.53. The standard InChI is InChI=1S/C9H17NS/c10-6-2-1-3-9-4-7-11-8-5-9/h1,3,9H,2,4-8,10H2/b3-1-. The van der Waals surface area contributed by atoms with Crippen molar-refractivity contribution in [2.75, 3.05) is 18.1 Å². The van der Waals surface area contributed by atoms with Crippen molar-refractivity contribution in [2.24, 2.45) is 11.7 Å². The van der Waals surface area contributed by atoms with E-state index >= 15 is 0 Å². The van der Waals surface area contributed by atoms with E-state index in [9.17, 15) is 0 Å². The van der Waals surface area contributed by atoms with Crippen LogP contribution in [-0.4, -0.2) is 18.1 Å². The maximum absolute atomic E-state index is 5.39. The van der Waals surface area contributed by atoms with Crippen molar-refractivity contribution in [3.8, 4) is 0 Å².